The van der Waals surface area contributed by atoms with Gasteiger partial charge in [-0.3, -0.25) is 4.79 Å². The maximum atomic E-state index is 12.4. The highest BCUT2D eigenvalue weighted by molar-refractivity contribution is 5.93. The molecule has 0 aliphatic rings. The molecule has 2 N–H and O–H groups in total. The number of aromatic nitrogens is 2. The molecule has 0 fully saturated rings. The van der Waals surface area contributed by atoms with E-state index in [0.717, 1.165) is 11.1 Å². The summed E-state index contributed by atoms with van der Waals surface area (Å²) in [5.41, 5.74) is 2.42. The van der Waals surface area contributed by atoms with Crippen LogP contribution in [0.25, 0.3) is 0 Å². The molecule has 1 aromatic heterocycles. The number of benzene rings is 2. The number of nitrogens with zero attached hydrogens (tertiary/aromatic N) is 2. The van der Waals surface area contributed by atoms with Gasteiger partial charge in [-0.15, -0.1) is 0 Å². The quantitative estimate of drug-likeness (QED) is 0.609. The molecule has 3 aromatic rings. The van der Waals surface area contributed by atoms with Crippen molar-refractivity contribution in [3.63, 3.8) is 0 Å². The van der Waals surface area contributed by atoms with Crippen LogP contribution in [0.3, 0.4) is 0 Å². The standard InChI is InChI=1S/C22H24N4O3/c1-15(17-7-5-4-6-8-17)26-22-24-13-18(14-25-22)21(27)23-12-16-9-10-19(28-2)20(11-16)29-3/h4-11,13-15H,12H2,1-3H3,(H,23,27)(H,24,25,26). The summed E-state index contributed by atoms with van der Waals surface area (Å²) in [5.74, 6) is 1.48. The Hall–Kier alpha value is -3.61. The van der Waals surface area contributed by atoms with Gasteiger partial charge in [0, 0.05) is 18.9 Å². The first-order valence-corrected chi connectivity index (χ1v) is 9.23. The molecule has 2 aromatic carbocycles. The van der Waals surface area contributed by atoms with E-state index in [9.17, 15) is 4.79 Å². The summed E-state index contributed by atoms with van der Waals surface area (Å²) in [7, 11) is 3.16. The number of rotatable bonds is 8. The minimum Gasteiger partial charge on any atom is -0.493 e. The number of hydrogen-bond donors (Lipinski definition) is 2. The maximum absolute atomic E-state index is 12.4. The van der Waals surface area contributed by atoms with Gasteiger partial charge in [0.05, 0.1) is 25.8 Å². The molecule has 0 spiro atoms. The first-order valence-electron chi connectivity index (χ1n) is 9.23. The third kappa shape index (κ3) is 5.22. The van der Waals surface area contributed by atoms with E-state index in [-0.39, 0.29) is 11.9 Å². The van der Waals surface area contributed by atoms with Crippen molar-refractivity contribution in [1.29, 1.82) is 0 Å². The molecule has 7 nitrogen and oxygen atoms in total. The largest absolute Gasteiger partial charge is 0.493 e. The lowest BCUT2D eigenvalue weighted by Crippen LogP contribution is -2.23. The molecular weight excluding hydrogens is 368 g/mol. The lowest BCUT2D eigenvalue weighted by atomic mass is 10.1. The van der Waals surface area contributed by atoms with Gasteiger partial charge in [-0.05, 0) is 30.2 Å². The summed E-state index contributed by atoms with van der Waals surface area (Å²) in [6.45, 7) is 2.38. The number of hydrogen-bond acceptors (Lipinski definition) is 6. The zero-order chi connectivity index (χ0) is 20.6. The second-order valence-electron chi connectivity index (χ2n) is 6.44. The number of ether oxygens (including phenoxy) is 2. The first kappa shape index (κ1) is 20.1. The van der Waals surface area contributed by atoms with Gasteiger partial charge in [-0.2, -0.15) is 0 Å². The van der Waals surface area contributed by atoms with Gasteiger partial charge in [-0.1, -0.05) is 36.4 Å². The molecule has 1 unspecified atom stereocenters. The Kier molecular flexibility index (Phi) is 6.63. The second kappa shape index (κ2) is 9.54. The van der Waals surface area contributed by atoms with Gasteiger partial charge >= 0.3 is 0 Å². The van der Waals surface area contributed by atoms with E-state index in [1.54, 1.807) is 20.3 Å². The van der Waals surface area contributed by atoms with E-state index < -0.39 is 0 Å². The molecule has 1 atom stereocenters. The minimum atomic E-state index is -0.248. The minimum absolute atomic E-state index is 0.0564. The van der Waals surface area contributed by atoms with Crippen LogP contribution >= 0.6 is 0 Å². The van der Waals surface area contributed by atoms with Crippen molar-refractivity contribution < 1.29 is 14.3 Å². The summed E-state index contributed by atoms with van der Waals surface area (Å²) in [6, 6.07) is 15.6. The molecule has 0 bridgehead atoms. The van der Waals surface area contributed by atoms with Crippen LogP contribution in [0.5, 0.6) is 11.5 Å². The van der Waals surface area contributed by atoms with Crippen molar-refractivity contribution >= 4 is 11.9 Å². The van der Waals surface area contributed by atoms with Crippen molar-refractivity contribution in [3.8, 4) is 11.5 Å². The summed E-state index contributed by atoms with van der Waals surface area (Å²) < 4.78 is 10.5. The maximum Gasteiger partial charge on any atom is 0.254 e. The molecule has 0 saturated carbocycles. The van der Waals surface area contributed by atoms with E-state index in [2.05, 4.69) is 20.6 Å². The predicted molar refractivity (Wildman–Crippen MR) is 111 cm³/mol. The molecule has 7 heteroatoms. The van der Waals surface area contributed by atoms with Gasteiger partial charge in [0.2, 0.25) is 5.95 Å². The smallest absolute Gasteiger partial charge is 0.254 e. The molecule has 0 aliphatic carbocycles. The van der Waals surface area contributed by atoms with Crippen molar-refractivity contribution in [2.45, 2.75) is 19.5 Å². The van der Waals surface area contributed by atoms with Crippen LogP contribution in [0.2, 0.25) is 0 Å². The van der Waals surface area contributed by atoms with E-state index in [4.69, 9.17) is 9.47 Å². The third-order valence-electron chi connectivity index (χ3n) is 4.46. The Morgan fingerprint density at radius 1 is 1.00 bits per heavy atom. The molecule has 0 radical (unpaired) electrons. The van der Waals surface area contributed by atoms with Crippen LogP contribution in [0.1, 0.15) is 34.5 Å². The van der Waals surface area contributed by atoms with Crippen molar-refractivity contribution in [3.05, 3.63) is 77.6 Å². The Morgan fingerprint density at radius 3 is 2.34 bits per heavy atom. The summed E-state index contributed by atoms with van der Waals surface area (Å²) in [4.78, 5) is 20.9. The van der Waals surface area contributed by atoms with Crippen LogP contribution in [0.4, 0.5) is 5.95 Å². The van der Waals surface area contributed by atoms with Gasteiger partial charge in [0.15, 0.2) is 11.5 Å². The molecule has 1 amide bonds. The monoisotopic (exact) mass is 392 g/mol. The second-order valence-corrected chi connectivity index (χ2v) is 6.44. The van der Waals surface area contributed by atoms with Crippen molar-refractivity contribution in [2.24, 2.45) is 0 Å². The fourth-order valence-corrected chi connectivity index (χ4v) is 2.81. The van der Waals surface area contributed by atoms with E-state index in [0.29, 0.717) is 29.6 Å². The summed E-state index contributed by atoms with van der Waals surface area (Å²) in [6.07, 6.45) is 3.02. The Bertz CT molecular complexity index is 946. The van der Waals surface area contributed by atoms with Crippen LogP contribution in [0.15, 0.2) is 60.9 Å². The average molecular weight is 392 g/mol. The van der Waals surface area contributed by atoms with Crippen molar-refractivity contribution in [2.75, 3.05) is 19.5 Å². The van der Waals surface area contributed by atoms with Crippen LogP contribution in [-0.4, -0.2) is 30.1 Å². The van der Waals surface area contributed by atoms with E-state index in [1.807, 2.05) is 49.4 Å². The number of carbonyl (C=O) groups excluding carboxylic acids is 1. The number of methoxy groups -OCH3 is 2. The molecule has 0 saturated heterocycles. The SMILES string of the molecule is COc1ccc(CNC(=O)c2cnc(NC(C)c3ccccc3)nc2)cc1OC. The Labute approximate surface area is 170 Å². The first-order chi connectivity index (χ1) is 14.1. The lowest BCUT2D eigenvalue weighted by Gasteiger charge is -2.14. The fourth-order valence-electron chi connectivity index (χ4n) is 2.81. The lowest BCUT2D eigenvalue weighted by molar-refractivity contribution is 0.0950. The average Bonchev–Trinajstić information content (AvgIpc) is 2.78. The van der Waals surface area contributed by atoms with Crippen molar-refractivity contribution in [1.82, 2.24) is 15.3 Å². The van der Waals surface area contributed by atoms with E-state index >= 15 is 0 Å². The number of anilines is 1. The van der Waals surface area contributed by atoms with Crippen LogP contribution < -0.4 is 20.1 Å². The highest BCUT2D eigenvalue weighted by atomic mass is 16.5. The van der Waals surface area contributed by atoms with Gasteiger partial charge in [-0.25, -0.2) is 9.97 Å². The summed E-state index contributed by atoms with van der Waals surface area (Å²) >= 11 is 0. The van der Waals surface area contributed by atoms with Crippen LogP contribution in [0, 0.1) is 0 Å². The normalized spacial score (nSPS) is 11.4. The molecule has 0 aliphatic heterocycles. The van der Waals surface area contributed by atoms with Gasteiger partial charge < -0.3 is 20.1 Å². The number of nitrogens with one attached hydrogen (secondary N) is 2. The summed E-state index contributed by atoms with van der Waals surface area (Å²) in [5, 5.41) is 6.08. The molecule has 1 heterocycles. The van der Waals surface area contributed by atoms with E-state index in [1.165, 1.54) is 12.4 Å². The molecule has 150 valence electrons. The predicted octanol–water partition coefficient (Wildman–Crippen LogP) is 3.60. The van der Waals surface area contributed by atoms with Crippen LogP contribution in [-0.2, 0) is 6.54 Å². The molecule has 3 rings (SSSR count). The van der Waals surface area contributed by atoms with Gasteiger partial charge in [0.1, 0.15) is 0 Å². The number of carbonyl (C=O) groups is 1. The fraction of sp³-hybridized carbons (Fsp3) is 0.227. The highest BCUT2D eigenvalue weighted by Crippen LogP contribution is 2.27. The zero-order valence-corrected chi connectivity index (χ0v) is 16.7. The number of amides is 1. The molecule has 29 heavy (non-hydrogen) atoms. The third-order valence-corrected chi connectivity index (χ3v) is 4.46. The topological polar surface area (TPSA) is 85.4 Å². The van der Waals surface area contributed by atoms with Gasteiger partial charge in [0.25, 0.3) is 5.91 Å². The Morgan fingerprint density at radius 2 is 1.69 bits per heavy atom. The highest BCUT2D eigenvalue weighted by Gasteiger charge is 2.10. The Balaban J connectivity index is 1.58. The zero-order valence-electron chi connectivity index (χ0n) is 16.7. The molecular formula is C22H24N4O3.